The number of unbranched alkanes of at least 4 members (excludes halogenated alkanes) is 1. The molecule has 0 saturated heterocycles. The fraction of sp³-hybridized carbons (Fsp3) is 0.318. The lowest BCUT2D eigenvalue weighted by Crippen LogP contribution is -2.10. The van der Waals surface area contributed by atoms with E-state index in [0.717, 1.165) is 37.2 Å². The van der Waals surface area contributed by atoms with Crippen LogP contribution in [0.3, 0.4) is 0 Å². The van der Waals surface area contributed by atoms with Gasteiger partial charge in [-0.05, 0) is 43.9 Å². The van der Waals surface area contributed by atoms with Gasteiger partial charge in [0.05, 0.1) is 19.9 Å². The van der Waals surface area contributed by atoms with E-state index in [1.807, 2.05) is 31.2 Å². The van der Waals surface area contributed by atoms with E-state index in [1.54, 1.807) is 14.2 Å². The Hall–Kier alpha value is -3.35. The predicted octanol–water partition coefficient (Wildman–Crippen LogP) is 4.38. The maximum atomic E-state index is 5.42. The van der Waals surface area contributed by atoms with E-state index in [4.69, 9.17) is 9.47 Å². The maximum absolute atomic E-state index is 5.42. The van der Waals surface area contributed by atoms with Crippen LogP contribution in [0.2, 0.25) is 0 Å². The highest BCUT2D eigenvalue weighted by Gasteiger charge is 2.09. The summed E-state index contributed by atoms with van der Waals surface area (Å²) in [6.07, 6.45) is 3.22. The van der Waals surface area contributed by atoms with Gasteiger partial charge < -0.3 is 20.1 Å². The molecule has 3 rings (SSSR count). The molecule has 0 spiro atoms. The van der Waals surface area contributed by atoms with E-state index >= 15 is 0 Å². The molecule has 0 radical (unpaired) electrons. The highest BCUT2D eigenvalue weighted by atomic mass is 16.5. The van der Waals surface area contributed by atoms with Crippen molar-refractivity contribution in [3.63, 3.8) is 0 Å². The largest absolute Gasteiger partial charge is 0.497 e. The number of hydrogen-bond acceptors (Lipinski definition) is 7. The molecule has 0 bridgehead atoms. The third-order valence-corrected chi connectivity index (χ3v) is 4.42. The molecule has 0 unspecified atom stereocenters. The fourth-order valence-electron chi connectivity index (χ4n) is 2.94. The van der Waals surface area contributed by atoms with E-state index in [2.05, 4.69) is 49.9 Å². The molecule has 0 aliphatic carbocycles. The van der Waals surface area contributed by atoms with Crippen molar-refractivity contribution in [1.29, 1.82) is 0 Å². The summed E-state index contributed by atoms with van der Waals surface area (Å²) < 4.78 is 10.7. The molecule has 29 heavy (non-hydrogen) atoms. The molecular weight excluding hydrogens is 366 g/mol. The highest BCUT2D eigenvalue weighted by Crippen LogP contribution is 2.30. The predicted molar refractivity (Wildman–Crippen MR) is 115 cm³/mol. The fourth-order valence-corrected chi connectivity index (χ4v) is 2.94. The molecule has 1 heterocycles. The molecule has 0 amide bonds. The molecule has 2 N–H and O–H groups in total. The van der Waals surface area contributed by atoms with Gasteiger partial charge >= 0.3 is 0 Å². The monoisotopic (exact) mass is 393 g/mol. The van der Waals surface area contributed by atoms with Gasteiger partial charge in [0.15, 0.2) is 0 Å². The van der Waals surface area contributed by atoms with E-state index in [0.29, 0.717) is 23.5 Å². The minimum atomic E-state index is 0.466. The summed E-state index contributed by atoms with van der Waals surface area (Å²) in [4.78, 5) is 13.2. The number of benzene rings is 2. The van der Waals surface area contributed by atoms with Crippen molar-refractivity contribution in [2.45, 2.75) is 26.2 Å². The molecule has 2 aromatic carbocycles. The Labute approximate surface area is 171 Å². The summed E-state index contributed by atoms with van der Waals surface area (Å²) in [5, 5.41) is 6.49. The van der Waals surface area contributed by atoms with Crippen LogP contribution in [-0.2, 0) is 6.42 Å². The van der Waals surface area contributed by atoms with Gasteiger partial charge in [0.25, 0.3) is 0 Å². The third kappa shape index (κ3) is 6.07. The number of anilines is 3. The number of methoxy groups -OCH3 is 2. The summed E-state index contributed by atoms with van der Waals surface area (Å²) in [5.74, 6) is 3.04. The number of aryl methyl sites for hydroxylation is 2. The second-order valence-corrected chi connectivity index (χ2v) is 6.59. The number of aromatic nitrogens is 3. The van der Waals surface area contributed by atoms with E-state index in [9.17, 15) is 0 Å². The summed E-state index contributed by atoms with van der Waals surface area (Å²) in [5.41, 5.74) is 2.12. The average molecular weight is 393 g/mol. The molecule has 3 aromatic rings. The molecule has 7 nitrogen and oxygen atoms in total. The van der Waals surface area contributed by atoms with Gasteiger partial charge in [0.2, 0.25) is 11.9 Å². The number of ether oxygens (including phenoxy) is 2. The number of hydrogen-bond donors (Lipinski definition) is 2. The van der Waals surface area contributed by atoms with Gasteiger partial charge in [-0.1, -0.05) is 30.3 Å². The van der Waals surface area contributed by atoms with Crippen LogP contribution in [0.25, 0.3) is 0 Å². The van der Waals surface area contributed by atoms with Crippen LogP contribution in [0.15, 0.2) is 48.5 Å². The van der Waals surface area contributed by atoms with Crippen LogP contribution in [0.4, 0.5) is 17.6 Å². The average Bonchev–Trinajstić information content (AvgIpc) is 2.74. The summed E-state index contributed by atoms with van der Waals surface area (Å²) >= 11 is 0. The molecule has 0 aliphatic heterocycles. The van der Waals surface area contributed by atoms with E-state index in [-0.39, 0.29) is 0 Å². The summed E-state index contributed by atoms with van der Waals surface area (Å²) in [6.45, 7) is 2.65. The Bertz CT molecular complexity index is 918. The molecule has 0 atom stereocenters. The normalized spacial score (nSPS) is 10.4. The van der Waals surface area contributed by atoms with Crippen molar-refractivity contribution in [2.24, 2.45) is 0 Å². The van der Waals surface area contributed by atoms with Gasteiger partial charge in [-0.2, -0.15) is 15.0 Å². The second kappa shape index (κ2) is 10.3. The SMILES string of the molecule is COc1ccc(Nc2nc(C)nc(NCCCCc3ccccc3)n2)c(OC)c1. The van der Waals surface area contributed by atoms with Crippen LogP contribution in [0.1, 0.15) is 24.2 Å². The number of nitrogens with zero attached hydrogens (tertiary/aromatic N) is 3. The Morgan fingerprint density at radius 2 is 1.66 bits per heavy atom. The van der Waals surface area contributed by atoms with Crippen LogP contribution in [0, 0.1) is 6.92 Å². The van der Waals surface area contributed by atoms with Crippen molar-refractivity contribution in [3.8, 4) is 11.5 Å². The van der Waals surface area contributed by atoms with Crippen LogP contribution < -0.4 is 20.1 Å². The maximum Gasteiger partial charge on any atom is 0.232 e. The minimum Gasteiger partial charge on any atom is -0.497 e. The summed E-state index contributed by atoms with van der Waals surface area (Å²) in [7, 11) is 3.23. The van der Waals surface area contributed by atoms with Gasteiger partial charge in [-0.3, -0.25) is 0 Å². The van der Waals surface area contributed by atoms with Crippen molar-refractivity contribution < 1.29 is 9.47 Å². The standard InChI is InChI=1S/C22H27N5O2/c1-16-24-21(23-14-8-7-11-17-9-5-4-6-10-17)27-22(25-16)26-19-13-12-18(28-2)15-20(19)29-3/h4-6,9-10,12-13,15H,7-8,11,14H2,1-3H3,(H2,23,24,25,26,27). The molecule has 0 saturated carbocycles. The number of rotatable bonds is 10. The second-order valence-electron chi connectivity index (χ2n) is 6.59. The Kier molecular flexibility index (Phi) is 7.22. The van der Waals surface area contributed by atoms with Crippen molar-refractivity contribution in [2.75, 3.05) is 31.4 Å². The number of nitrogens with one attached hydrogen (secondary N) is 2. The van der Waals surface area contributed by atoms with Crippen LogP contribution in [-0.4, -0.2) is 35.7 Å². The quantitative estimate of drug-likeness (QED) is 0.495. The minimum absolute atomic E-state index is 0.466. The van der Waals surface area contributed by atoms with Gasteiger partial charge in [0, 0.05) is 12.6 Å². The molecule has 7 heteroatoms. The molecule has 0 fully saturated rings. The molecule has 0 aliphatic rings. The van der Waals surface area contributed by atoms with Crippen molar-refractivity contribution >= 4 is 17.6 Å². The Morgan fingerprint density at radius 1 is 0.862 bits per heavy atom. The molecular formula is C22H27N5O2. The van der Waals surface area contributed by atoms with Gasteiger partial charge in [-0.15, -0.1) is 0 Å². The first-order valence-corrected chi connectivity index (χ1v) is 9.67. The smallest absolute Gasteiger partial charge is 0.232 e. The first kappa shape index (κ1) is 20.4. The zero-order valence-corrected chi connectivity index (χ0v) is 17.1. The van der Waals surface area contributed by atoms with Crippen molar-refractivity contribution in [1.82, 2.24) is 15.0 Å². The highest BCUT2D eigenvalue weighted by molar-refractivity contribution is 5.64. The Balaban J connectivity index is 1.57. The van der Waals surface area contributed by atoms with E-state index in [1.165, 1.54) is 5.56 Å². The Morgan fingerprint density at radius 3 is 2.41 bits per heavy atom. The lowest BCUT2D eigenvalue weighted by Gasteiger charge is -2.12. The summed E-state index contributed by atoms with van der Waals surface area (Å²) in [6, 6.07) is 16.0. The lowest BCUT2D eigenvalue weighted by atomic mass is 10.1. The molecule has 152 valence electrons. The topological polar surface area (TPSA) is 81.2 Å². The van der Waals surface area contributed by atoms with Crippen LogP contribution >= 0.6 is 0 Å². The molecule has 1 aromatic heterocycles. The van der Waals surface area contributed by atoms with Gasteiger partial charge in [0.1, 0.15) is 17.3 Å². The van der Waals surface area contributed by atoms with E-state index < -0.39 is 0 Å². The van der Waals surface area contributed by atoms with Gasteiger partial charge in [-0.25, -0.2) is 0 Å². The third-order valence-electron chi connectivity index (χ3n) is 4.42. The zero-order chi connectivity index (χ0) is 20.5. The zero-order valence-electron chi connectivity index (χ0n) is 17.1. The lowest BCUT2D eigenvalue weighted by molar-refractivity contribution is 0.395. The van der Waals surface area contributed by atoms with Crippen molar-refractivity contribution in [3.05, 3.63) is 59.9 Å². The van der Waals surface area contributed by atoms with Crippen LogP contribution in [0.5, 0.6) is 11.5 Å². The first-order chi connectivity index (χ1) is 14.2. The first-order valence-electron chi connectivity index (χ1n) is 9.67.